The number of nitrogens with two attached hydrogens (primary N) is 1. The number of halogens is 1. The molecule has 1 aromatic carbocycles. The Morgan fingerprint density at radius 1 is 1.44 bits per heavy atom. The summed E-state index contributed by atoms with van der Waals surface area (Å²) in [6.07, 6.45) is 4.25. The van der Waals surface area contributed by atoms with Crippen LogP contribution in [-0.4, -0.2) is 46.0 Å². The third-order valence-electron chi connectivity index (χ3n) is 5.02. The summed E-state index contributed by atoms with van der Waals surface area (Å²) in [5.74, 6) is 0.707. The molecule has 0 saturated carbocycles. The van der Waals surface area contributed by atoms with Crippen molar-refractivity contribution < 1.29 is 4.79 Å². The van der Waals surface area contributed by atoms with Crippen LogP contribution in [0.3, 0.4) is 0 Å². The Morgan fingerprint density at radius 2 is 2.30 bits per heavy atom. The van der Waals surface area contributed by atoms with E-state index in [-0.39, 0.29) is 5.91 Å². The van der Waals surface area contributed by atoms with Crippen molar-refractivity contribution >= 4 is 34.4 Å². The van der Waals surface area contributed by atoms with E-state index in [4.69, 9.17) is 17.3 Å². The summed E-state index contributed by atoms with van der Waals surface area (Å²) in [6.45, 7) is 3.80. The van der Waals surface area contributed by atoms with E-state index in [0.29, 0.717) is 23.7 Å². The average Bonchev–Trinajstić information content (AvgIpc) is 3.24. The summed E-state index contributed by atoms with van der Waals surface area (Å²) in [4.78, 5) is 26.4. The maximum absolute atomic E-state index is 12.4. The van der Waals surface area contributed by atoms with Gasteiger partial charge < -0.3 is 20.9 Å². The van der Waals surface area contributed by atoms with Crippen LogP contribution in [0.1, 0.15) is 22.3 Å². The number of amides is 1. The number of anilines is 1. The minimum absolute atomic E-state index is 0.174. The normalized spacial score (nSPS) is 19.6. The number of aromatic nitrogens is 3. The van der Waals surface area contributed by atoms with E-state index in [2.05, 4.69) is 25.2 Å². The molecule has 1 aliphatic heterocycles. The van der Waals surface area contributed by atoms with Gasteiger partial charge >= 0.3 is 0 Å². The number of fused-ring (bicyclic) bond motifs is 1. The van der Waals surface area contributed by atoms with Gasteiger partial charge in [0.05, 0.1) is 10.9 Å². The zero-order valence-electron chi connectivity index (χ0n) is 15.0. The van der Waals surface area contributed by atoms with Gasteiger partial charge in [0.1, 0.15) is 17.8 Å². The molecule has 1 amide bonds. The van der Waals surface area contributed by atoms with Crippen molar-refractivity contribution in [1.82, 2.24) is 20.3 Å². The number of aromatic amines is 1. The molecule has 7 nitrogen and oxygen atoms in total. The van der Waals surface area contributed by atoms with Crippen LogP contribution in [0, 0.1) is 6.92 Å². The number of H-pyrrole nitrogens is 1. The summed E-state index contributed by atoms with van der Waals surface area (Å²) >= 11 is 5.96. The third kappa shape index (κ3) is 3.48. The standard InChI is InChI=1S/C19H21ClN6O/c1-12-8-22-16-15(12)17(25-11-24-16)26-6-5-19(21,10-26)9-23-18(27)13-3-2-4-14(20)7-13/h2-4,7-8,11H,5-6,9-10,21H2,1H3,(H,23,27)(H,22,24,25)/t19-/m0/s1. The highest BCUT2D eigenvalue weighted by Gasteiger charge is 2.36. The van der Waals surface area contributed by atoms with Gasteiger partial charge in [-0.3, -0.25) is 4.79 Å². The molecule has 4 N–H and O–H groups in total. The Hall–Kier alpha value is -2.64. The second kappa shape index (κ2) is 6.83. The smallest absolute Gasteiger partial charge is 0.251 e. The molecule has 3 aromatic rings. The lowest BCUT2D eigenvalue weighted by Crippen LogP contribution is -2.52. The van der Waals surface area contributed by atoms with E-state index in [1.807, 2.05) is 13.1 Å². The molecule has 3 heterocycles. The Labute approximate surface area is 161 Å². The first kappa shape index (κ1) is 17.8. The van der Waals surface area contributed by atoms with Gasteiger partial charge in [0.15, 0.2) is 0 Å². The van der Waals surface area contributed by atoms with Gasteiger partial charge in [-0.25, -0.2) is 9.97 Å². The number of nitrogens with one attached hydrogen (secondary N) is 2. The molecule has 0 radical (unpaired) electrons. The first-order chi connectivity index (χ1) is 13.0. The molecular weight excluding hydrogens is 364 g/mol. The van der Waals surface area contributed by atoms with Crippen LogP contribution in [0.15, 0.2) is 36.8 Å². The maximum atomic E-state index is 12.4. The van der Waals surface area contributed by atoms with Gasteiger partial charge in [-0.15, -0.1) is 0 Å². The zero-order chi connectivity index (χ0) is 19.0. The highest BCUT2D eigenvalue weighted by atomic mass is 35.5. The molecule has 4 rings (SSSR count). The van der Waals surface area contributed by atoms with E-state index in [1.165, 1.54) is 0 Å². The lowest BCUT2D eigenvalue weighted by atomic mass is 10.00. The lowest BCUT2D eigenvalue weighted by Gasteiger charge is -2.25. The fraction of sp³-hybridized carbons (Fsp3) is 0.316. The Bertz CT molecular complexity index is 1000. The van der Waals surface area contributed by atoms with E-state index in [1.54, 1.807) is 30.6 Å². The predicted octanol–water partition coefficient (Wildman–Crippen LogP) is 2.26. The number of hydrogen-bond acceptors (Lipinski definition) is 5. The van der Waals surface area contributed by atoms with Crippen molar-refractivity contribution in [3.05, 3.63) is 52.9 Å². The van der Waals surface area contributed by atoms with Crippen LogP contribution in [-0.2, 0) is 0 Å². The van der Waals surface area contributed by atoms with Crippen LogP contribution in [0.5, 0.6) is 0 Å². The van der Waals surface area contributed by atoms with Gasteiger partial charge in [-0.2, -0.15) is 0 Å². The maximum Gasteiger partial charge on any atom is 0.251 e. The number of hydrogen-bond donors (Lipinski definition) is 3. The molecule has 0 spiro atoms. The molecule has 1 aliphatic rings. The zero-order valence-corrected chi connectivity index (χ0v) is 15.8. The Balaban J connectivity index is 1.46. The molecule has 140 valence electrons. The van der Waals surface area contributed by atoms with Crippen molar-refractivity contribution in [2.24, 2.45) is 5.73 Å². The van der Waals surface area contributed by atoms with Gasteiger partial charge in [-0.05, 0) is 37.1 Å². The van der Waals surface area contributed by atoms with E-state index in [9.17, 15) is 4.79 Å². The number of benzene rings is 1. The highest BCUT2D eigenvalue weighted by Crippen LogP contribution is 2.30. The van der Waals surface area contributed by atoms with Gasteiger partial charge in [0, 0.05) is 36.4 Å². The van der Waals surface area contributed by atoms with Crippen LogP contribution in [0.4, 0.5) is 5.82 Å². The molecule has 1 atom stereocenters. The van der Waals surface area contributed by atoms with Crippen LogP contribution in [0.2, 0.25) is 5.02 Å². The molecule has 8 heteroatoms. The summed E-state index contributed by atoms with van der Waals surface area (Å²) in [6, 6.07) is 6.88. The van der Waals surface area contributed by atoms with E-state index >= 15 is 0 Å². The minimum Gasteiger partial charge on any atom is -0.354 e. The fourth-order valence-electron chi connectivity index (χ4n) is 3.55. The summed E-state index contributed by atoms with van der Waals surface area (Å²) in [5, 5.41) is 4.49. The van der Waals surface area contributed by atoms with Crippen LogP contribution >= 0.6 is 11.6 Å². The van der Waals surface area contributed by atoms with Crippen LogP contribution < -0.4 is 16.0 Å². The average molecular weight is 385 g/mol. The largest absolute Gasteiger partial charge is 0.354 e. The second-order valence-electron chi connectivity index (χ2n) is 7.12. The second-order valence-corrected chi connectivity index (χ2v) is 7.56. The molecule has 1 fully saturated rings. The third-order valence-corrected chi connectivity index (χ3v) is 5.25. The summed E-state index contributed by atoms with van der Waals surface area (Å²) in [5.41, 5.74) is 8.50. The highest BCUT2D eigenvalue weighted by molar-refractivity contribution is 6.30. The lowest BCUT2D eigenvalue weighted by molar-refractivity contribution is 0.0945. The first-order valence-corrected chi connectivity index (χ1v) is 9.19. The number of nitrogens with zero attached hydrogens (tertiary/aromatic N) is 3. The predicted molar refractivity (Wildman–Crippen MR) is 106 cm³/mol. The molecule has 2 aromatic heterocycles. The van der Waals surface area contributed by atoms with E-state index in [0.717, 1.165) is 35.4 Å². The topological polar surface area (TPSA) is 99.9 Å². The van der Waals surface area contributed by atoms with Gasteiger partial charge in [0.2, 0.25) is 0 Å². The molecule has 0 aliphatic carbocycles. The fourth-order valence-corrected chi connectivity index (χ4v) is 3.74. The number of carbonyl (C=O) groups excluding carboxylic acids is 1. The molecule has 1 saturated heterocycles. The van der Waals surface area contributed by atoms with Crippen molar-refractivity contribution in [3.63, 3.8) is 0 Å². The Morgan fingerprint density at radius 3 is 3.11 bits per heavy atom. The van der Waals surface area contributed by atoms with E-state index < -0.39 is 5.54 Å². The number of aryl methyl sites for hydroxylation is 1. The van der Waals surface area contributed by atoms with Gasteiger partial charge in [-0.1, -0.05) is 17.7 Å². The van der Waals surface area contributed by atoms with Crippen molar-refractivity contribution in [2.45, 2.75) is 18.9 Å². The molecular formula is C19H21ClN6O. The van der Waals surface area contributed by atoms with Crippen molar-refractivity contribution in [2.75, 3.05) is 24.5 Å². The minimum atomic E-state index is -0.518. The number of carbonyl (C=O) groups is 1. The summed E-state index contributed by atoms with van der Waals surface area (Å²) < 4.78 is 0. The molecule has 0 bridgehead atoms. The number of rotatable bonds is 4. The summed E-state index contributed by atoms with van der Waals surface area (Å²) in [7, 11) is 0. The SMILES string of the molecule is Cc1c[nH]c2ncnc(N3CC[C@](N)(CNC(=O)c4cccc(Cl)c4)C3)c12. The molecule has 0 unspecified atom stereocenters. The Kier molecular flexibility index (Phi) is 4.49. The van der Waals surface area contributed by atoms with Crippen molar-refractivity contribution in [1.29, 1.82) is 0 Å². The van der Waals surface area contributed by atoms with Gasteiger partial charge in [0.25, 0.3) is 5.91 Å². The monoisotopic (exact) mass is 384 g/mol. The first-order valence-electron chi connectivity index (χ1n) is 8.81. The molecule has 27 heavy (non-hydrogen) atoms. The quantitative estimate of drug-likeness (QED) is 0.640. The van der Waals surface area contributed by atoms with Crippen LogP contribution in [0.25, 0.3) is 11.0 Å². The van der Waals surface area contributed by atoms with Crippen molar-refractivity contribution in [3.8, 4) is 0 Å².